The van der Waals surface area contributed by atoms with Gasteiger partial charge in [0.1, 0.15) is 6.10 Å². The second-order valence-electron chi connectivity index (χ2n) is 5.59. The SMILES string of the molecule is CCCN1CCOC(c2noc(CCC(C)CN)n2)C1. The van der Waals surface area contributed by atoms with Gasteiger partial charge in [-0.05, 0) is 31.8 Å². The Hall–Kier alpha value is -0.980. The van der Waals surface area contributed by atoms with Crippen molar-refractivity contribution in [1.29, 1.82) is 0 Å². The Labute approximate surface area is 120 Å². The highest BCUT2D eigenvalue weighted by Gasteiger charge is 2.25. The van der Waals surface area contributed by atoms with Crippen molar-refractivity contribution in [1.82, 2.24) is 15.0 Å². The molecule has 1 aromatic rings. The molecule has 114 valence electrons. The van der Waals surface area contributed by atoms with Crippen LogP contribution in [0, 0.1) is 5.92 Å². The molecule has 2 heterocycles. The average Bonchev–Trinajstić information content (AvgIpc) is 2.94. The van der Waals surface area contributed by atoms with Gasteiger partial charge in [0, 0.05) is 19.5 Å². The Morgan fingerprint density at radius 2 is 2.35 bits per heavy atom. The van der Waals surface area contributed by atoms with Gasteiger partial charge in [0.15, 0.2) is 0 Å². The maximum absolute atomic E-state index is 5.75. The zero-order valence-electron chi connectivity index (χ0n) is 12.5. The highest BCUT2D eigenvalue weighted by atomic mass is 16.5. The van der Waals surface area contributed by atoms with Crippen LogP contribution in [0.5, 0.6) is 0 Å². The molecule has 1 aliphatic rings. The number of nitrogens with zero attached hydrogens (tertiary/aromatic N) is 3. The van der Waals surface area contributed by atoms with Crippen LogP contribution in [0.2, 0.25) is 0 Å². The first-order chi connectivity index (χ1) is 9.72. The van der Waals surface area contributed by atoms with Crippen LogP contribution in [-0.2, 0) is 11.2 Å². The maximum atomic E-state index is 5.75. The Balaban J connectivity index is 1.87. The van der Waals surface area contributed by atoms with Crippen molar-refractivity contribution in [3.05, 3.63) is 11.7 Å². The molecule has 0 spiro atoms. The molecular formula is C14H26N4O2. The summed E-state index contributed by atoms with van der Waals surface area (Å²) in [5.41, 5.74) is 5.61. The third-order valence-corrected chi connectivity index (χ3v) is 3.72. The van der Waals surface area contributed by atoms with Crippen molar-refractivity contribution in [2.24, 2.45) is 11.7 Å². The highest BCUT2D eigenvalue weighted by molar-refractivity contribution is 4.94. The second kappa shape index (κ2) is 7.71. The highest BCUT2D eigenvalue weighted by Crippen LogP contribution is 2.20. The summed E-state index contributed by atoms with van der Waals surface area (Å²) in [5, 5.41) is 4.07. The molecule has 6 nitrogen and oxygen atoms in total. The van der Waals surface area contributed by atoms with Gasteiger partial charge in [-0.25, -0.2) is 0 Å². The minimum atomic E-state index is -0.0558. The van der Waals surface area contributed by atoms with E-state index in [9.17, 15) is 0 Å². The molecule has 2 rings (SSSR count). The van der Waals surface area contributed by atoms with E-state index in [2.05, 4.69) is 28.9 Å². The number of aryl methyl sites for hydroxylation is 1. The number of rotatable bonds is 7. The van der Waals surface area contributed by atoms with Crippen LogP contribution in [-0.4, -0.2) is 47.8 Å². The van der Waals surface area contributed by atoms with Gasteiger partial charge in [0.25, 0.3) is 0 Å². The smallest absolute Gasteiger partial charge is 0.226 e. The summed E-state index contributed by atoms with van der Waals surface area (Å²) in [4.78, 5) is 6.85. The number of nitrogens with two attached hydrogens (primary N) is 1. The number of hydrogen-bond acceptors (Lipinski definition) is 6. The van der Waals surface area contributed by atoms with Crippen molar-refractivity contribution < 1.29 is 9.26 Å². The molecule has 2 unspecified atom stereocenters. The normalized spacial score (nSPS) is 22.1. The standard InChI is InChI=1S/C14H26N4O2/c1-3-6-18-7-8-19-12(10-18)14-16-13(20-17-14)5-4-11(2)9-15/h11-12H,3-10,15H2,1-2H3. The zero-order chi connectivity index (χ0) is 14.4. The Kier molecular flexibility index (Phi) is 5.94. The summed E-state index contributed by atoms with van der Waals surface area (Å²) in [5.74, 6) is 1.86. The first kappa shape index (κ1) is 15.4. The molecule has 1 aliphatic heterocycles. The molecule has 1 saturated heterocycles. The van der Waals surface area contributed by atoms with Crippen LogP contribution >= 0.6 is 0 Å². The molecular weight excluding hydrogens is 256 g/mol. The van der Waals surface area contributed by atoms with Crippen molar-refractivity contribution in [2.45, 2.75) is 39.2 Å². The van der Waals surface area contributed by atoms with Gasteiger partial charge >= 0.3 is 0 Å². The molecule has 0 radical (unpaired) electrons. The lowest BCUT2D eigenvalue weighted by Gasteiger charge is -2.30. The largest absolute Gasteiger partial charge is 0.367 e. The molecule has 6 heteroatoms. The van der Waals surface area contributed by atoms with Crippen molar-refractivity contribution >= 4 is 0 Å². The Morgan fingerprint density at radius 3 is 3.10 bits per heavy atom. The molecule has 0 bridgehead atoms. The molecule has 2 atom stereocenters. The topological polar surface area (TPSA) is 77.4 Å². The lowest BCUT2D eigenvalue weighted by atomic mass is 10.1. The van der Waals surface area contributed by atoms with Crippen LogP contribution in [0.25, 0.3) is 0 Å². The predicted molar refractivity (Wildman–Crippen MR) is 76.3 cm³/mol. The fourth-order valence-electron chi connectivity index (χ4n) is 2.37. The van der Waals surface area contributed by atoms with Gasteiger partial charge in [-0.3, -0.25) is 4.90 Å². The van der Waals surface area contributed by atoms with Gasteiger partial charge in [0.05, 0.1) is 6.61 Å². The van der Waals surface area contributed by atoms with Gasteiger partial charge < -0.3 is 15.0 Å². The lowest BCUT2D eigenvalue weighted by Crippen LogP contribution is -2.39. The van der Waals surface area contributed by atoms with E-state index in [0.29, 0.717) is 24.2 Å². The second-order valence-corrected chi connectivity index (χ2v) is 5.59. The molecule has 0 aliphatic carbocycles. The molecule has 20 heavy (non-hydrogen) atoms. The van der Waals surface area contributed by atoms with Crippen LogP contribution in [0.4, 0.5) is 0 Å². The van der Waals surface area contributed by atoms with Gasteiger partial charge in [-0.15, -0.1) is 0 Å². The van der Waals surface area contributed by atoms with E-state index in [-0.39, 0.29) is 6.10 Å². The minimum absolute atomic E-state index is 0.0558. The third kappa shape index (κ3) is 4.26. The van der Waals surface area contributed by atoms with Crippen LogP contribution in [0.15, 0.2) is 4.52 Å². The summed E-state index contributed by atoms with van der Waals surface area (Å²) in [6.07, 6.45) is 2.86. The van der Waals surface area contributed by atoms with Gasteiger partial charge in [-0.2, -0.15) is 4.98 Å². The Bertz CT molecular complexity index is 394. The first-order valence-electron chi connectivity index (χ1n) is 7.59. The van der Waals surface area contributed by atoms with E-state index < -0.39 is 0 Å². The summed E-state index contributed by atoms with van der Waals surface area (Å²) < 4.78 is 11.1. The van der Waals surface area contributed by atoms with E-state index in [0.717, 1.165) is 45.5 Å². The van der Waals surface area contributed by atoms with Crippen LogP contribution in [0.3, 0.4) is 0 Å². The number of morpholine rings is 1. The fraction of sp³-hybridized carbons (Fsp3) is 0.857. The fourth-order valence-corrected chi connectivity index (χ4v) is 2.37. The zero-order valence-corrected chi connectivity index (χ0v) is 12.5. The van der Waals surface area contributed by atoms with E-state index in [1.807, 2.05) is 0 Å². The number of hydrogen-bond donors (Lipinski definition) is 1. The molecule has 1 fully saturated rings. The van der Waals surface area contributed by atoms with Crippen LogP contribution in [0.1, 0.15) is 44.5 Å². The third-order valence-electron chi connectivity index (χ3n) is 3.72. The number of ether oxygens (including phenoxy) is 1. The number of aromatic nitrogens is 2. The summed E-state index contributed by atoms with van der Waals surface area (Å²) >= 11 is 0. The first-order valence-corrected chi connectivity index (χ1v) is 7.59. The van der Waals surface area contributed by atoms with E-state index >= 15 is 0 Å². The van der Waals surface area contributed by atoms with E-state index in [4.69, 9.17) is 15.0 Å². The van der Waals surface area contributed by atoms with Crippen molar-refractivity contribution in [3.8, 4) is 0 Å². The molecule has 0 amide bonds. The quantitative estimate of drug-likeness (QED) is 0.814. The summed E-state index contributed by atoms with van der Waals surface area (Å²) in [6.45, 7) is 8.69. The molecule has 2 N–H and O–H groups in total. The molecule has 1 aromatic heterocycles. The molecule has 0 aromatic carbocycles. The van der Waals surface area contributed by atoms with E-state index in [1.54, 1.807) is 0 Å². The summed E-state index contributed by atoms with van der Waals surface area (Å²) in [7, 11) is 0. The minimum Gasteiger partial charge on any atom is -0.367 e. The molecule has 0 saturated carbocycles. The van der Waals surface area contributed by atoms with Crippen molar-refractivity contribution in [2.75, 3.05) is 32.8 Å². The van der Waals surface area contributed by atoms with Crippen LogP contribution < -0.4 is 5.73 Å². The Morgan fingerprint density at radius 1 is 1.50 bits per heavy atom. The predicted octanol–water partition coefficient (Wildman–Crippen LogP) is 1.38. The van der Waals surface area contributed by atoms with Gasteiger partial charge in [-0.1, -0.05) is 19.0 Å². The monoisotopic (exact) mass is 282 g/mol. The lowest BCUT2D eigenvalue weighted by molar-refractivity contribution is -0.0350. The van der Waals surface area contributed by atoms with Gasteiger partial charge in [0.2, 0.25) is 11.7 Å². The average molecular weight is 282 g/mol. The summed E-state index contributed by atoms with van der Waals surface area (Å²) in [6, 6.07) is 0. The van der Waals surface area contributed by atoms with E-state index in [1.165, 1.54) is 0 Å². The maximum Gasteiger partial charge on any atom is 0.226 e. The van der Waals surface area contributed by atoms with Crippen molar-refractivity contribution in [3.63, 3.8) is 0 Å².